The van der Waals surface area contributed by atoms with Gasteiger partial charge in [0.2, 0.25) is 0 Å². The molecule has 0 fully saturated rings. The minimum Gasteiger partial charge on any atom is -0.493 e. The molecule has 0 saturated carbocycles. The Hall–Kier alpha value is -2.11. The maximum atomic E-state index is 8.40. The minimum atomic E-state index is 0.270. The van der Waals surface area contributed by atoms with Crippen LogP contribution in [0.15, 0.2) is 23.4 Å². The van der Waals surface area contributed by atoms with Crippen LogP contribution in [0.4, 0.5) is 5.69 Å². The van der Waals surface area contributed by atoms with E-state index in [1.54, 1.807) is 14.2 Å². The van der Waals surface area contributed by atoms with Crippen LogP contribution in [0.25, 0.3) is 0 Å². The average Bonchev–Trinajstić information content (AvgIpc) is 2.46. The van der Waals surface area contributed by atoms with Gasteiger partial charge in [-0.1, -0.05) is 5.16 Å². The highest BCUT2D eigenvalue weighted by molar-refractivity contribution is 5.79. The number of ether oxygens (including phenoxy) is 2. The highest BCUT2D eigenvalue weighted by Crippen LogP contribution is 2.29. The molecule has 1 rings (SSSR count). The highest BCUT2D eigenvalue weighted by atomic mass is 16.5. The lowest BCUT2D eigenvalue weighted by Gasteiger charge is -2.11. The predicted octanol–water partition coefficient (Wildman–Crippen LogP) is 2.03. The van der Waals surface area contributed by atoms with E-state index in [1.165, 1.54) is 0 Å². The van der Waals surface area contributed by atoms with E-state index in [-0.39, 0.29) is 5.84 Å². The summed E-state index contributed by atoms with van der Waals surface area (Å²) in [6.45, 7) is 0.814. The molecule has 6 heteroatoms. The zero-order chi connectivity index (χ0) is 14.1. The molecule has 0 heterocycles. The van der Waals surface area contributed by atoms with Gasteiger partial charge in [0.05, 0.1) is 14.2 Å². The summed E-state index contributed by atoms with van der Waals surface area (Å²) in [5, 5.41) is 14.6. The standard InChI is InChI=1S/C13H21N3O3/c1-18-11-7-6-10(9-12(11)19-2)15-8-4-3-5-13(14)16-17/h6-7,9,15,17H,3-5,8H2,1-2H3,(H2,14,16). The van der Waals surface area contributed by atoms with Gasteiger partial charge in [0.1, 0.15) is 5.84 Å². The molecule has 1 aromatic rings. The van der Waals surface area contributed by atoms with Crippen molar-refractivity contribution in [1.82, 2.24) is 0 Å². The number of nitrogens with zero attached hydrogens (tertiary/aromatic N) is 1. The van der Waals surface area contributed by atoms with Gasteiger partial charge in [-0.05, 0) is 25.0 Å². The summed E-state index contributed by atoms with van der Waals surface area (Å²) in [5.41, 5.74) is 6.36. The number of hydrogen-bond donors (Lipinski definition) is 3. The summed E-state index contributed by atoms with van der Waals surface area (Å²) in [6.07, 6.45) is 2.41. The van der Waals surface area contributed by atoms with Crippen LogP contribution in [0.3, 0.4) is 0 Å². The van der Waals surface area contributed by atoms with Crippen molar-refractivity contribution in [2.45, 2.75) is 19.3 Å². The molecule has 0 bridgehead atoms. The van der Waals surface area contributed by atoms with E-state index in [9.17, 15) is 0 Å². The van der Waals surface area contributed by atoms with Gasteiger partial charge in [0.15, 0.2) is 11.5 Å². The van der Waals surface area contributed by atoms with Crippen LogP contribution < -0.4 is 20.5 Å². The van der Waals surface area contributed by atoms with E-state index in [0.717, 1.165) is 25.1 Å². The van der Waals surface area contributed by atoms with E-state index >= 15 is 0 Å². The number of amidine groups is 1. The molecule has 0 aromatic heterocycles. The summed E-state index contributed by atoms with van der Waals surface area (Å²) in [6, 6.07) is 5.69. The Morgan fingerprint density at radius 2 is 2.00 bits per heavy atom. The van der Waals surface area contributed by atoms with Gasteiger partial charge in [-0.3, -0.25) is 0 Å². The normalized spacial score (nSPS) is 11.2. The molecule has 19 heavy (non-hydrogen) atoms. The predicted molar refractivity (Wildman–Crippen MR) is 75.3 cm³/mol. The number of methoxy groups -OCH3 is 2. The highest BCUT2D eigenvalue weighted by Gasteiger charge is 2.03. The molecule has 0 aliphatic heterocycles. The average molecular weight is 267 g/mol. The SMILES string of the molecule is COc1ccc(NCCCCC(N)=NO)cc1OC. The third kappa shape index (κ3) is 4.95. The van der Waals surface area contributed by atoms with Crippen molar-refractivity contribution >= 4 is 11.5 Å². The van der Waals surface area contributed by atoms with Gasteiger partial charge in [0.25, 0.3) is 0 Å². The molecule has 0 amide bonds. The smallest absolute Gasteiger partial charge is 0.162 e. The lowest BCUT2D eigenvalue weighted by molar-refractivity contribution is 0.316. The molecule has 0 atom stereocenters. The Bertz CT molecular complexity index is 422. The zero-order valence-electron chi connectivity index (χ0n) is 11.3. The van der Waals surface area contributed by atoms with E-state index in [2.05, 4.69) is 10.5 Å². The molecule has 6 nitrogen and oxygen atoms in total. The number of benzene rings is 1. The van der Waals surface area contributed by atoms with E-state index in [0.29, 0.717) is 17.9 Å². The number of hydrogen-bond acceptors (Lipinski definition) is 5. The van der Waals surface area contributed by atoms with Gasteiger partial charge in [-0.15, -0.1) is 0 Å². The first-order chi connectivity index (χ1) is 9.21. The molecular formula is C13H21N3O3. The second-order valence-corrected chi connectivity index (χ2v) is 4.04. The summed E-state index contributed by atoms with van der Waals surface area (Å²) in [7, 11) is 3.22. The van der Waals surface area contributed by atoms with Gasteiger partial charge >= 0.3 is 0 Å². The van der Waals surface area contributed by atoms with Crippen molar-refractivity contribution in [2.24, 2.45) is 10.9 Å². The minimum absolute atomic E-state index is 0.270. The van der Waals surface area contributed by atoms with Crippen LogP contribution in [-0.2, 0) is 0 Å². The Balaban J connectivity index is 2.37. The third-order valence-corrected chi connectivity index (χ3v) is 2.70. The molecule has 0 aliphatic carbocycles. The van der Waals surface area contributed by atoms with E-state index < -0.39 is 0 Å². The Kier molecular flexibility index (Phi) is 6.35. The summed E-state index contributed by atoms with van der Waals surface area (Å²) in [4.78, 5) is 0. The monoisotopic (exact) mass is 267 g/mol. The summed E-state index contributed by atoms with van der Waals surface area (Å²) >= 11 is 0. The zero-order valence-corrected chi connectivity index (χ0v) is 11.3. The molecule has 1 aromatic carbocycles. The topological polar surface area (TPSA) is 89.1 Å². The Morgan fingerprint density at radius 1 is 1.26 bits per heavy atom. The third-order valence-electron chi connectivity index (χ3n) is 2.70. The summed E-state index contributed by atoms with van der Waals surface area (Å²) in [5.74, 6) is 1.68. The first-order valence-corrected chi connectivity index (χ1v) is 6.13. The first-order valence-electron chi connectivity index (χ1n) is 6.13. The van der Waals surface area contributed by atoms with Crippen LogP contribution in [-0.4, -0.2) is 31.8 Å². The molecule has 4 N–H and O–H groups in total. The van der Waals surface area contributed by atoms with Crippen LogP contribution in [0.5, 0.6) is 11.5 Å². The second-order valence-electron chi connectivity index (χ2n) is 4.04. The molecule has 0 spiro atoms. The fraction of sp³-hybridized carbons (Fsp3) is 0.462. The van der Waals surface area contributed by atoms with Gasteiger partial charge in [0, 0.05) is 24.7 Å². The molecular weight excluding hydrogens is 246 g/mol. The largest absolute Gasteiger partial charge is 0.493 e. The van der Waals surface area contributed by atoms with Crippen molar-refractivity contribution < 1.29 is 14.7 Å². The van der Waals surface area contributed by atoms with Crippen LogP contribution >= 0.6 is 0 Å². The first kappa shape index (κ1) is 14.9. The maximum Gasteiger partial charge on any atom is 0.162 e. The van der Waals surface area contributed by atoms with E-state index in [4.69, 9.17) is 20.4 Å². The molecule has 0 unspecified atom stereocenters. The van der Waals surface area contributed by atoms with Crippen molar-refractivity contribution in [1.29, 1.82) is 0 Å². The molecule has 0 saturated heterocycles. The molecule has 0 radical (unpaired) electrons. The van der Waals surface area contributed by atoms with Gasteiger partial charge in [-0.25, -0.2) is 0 Å². The number of rotatable bonds is 8. The lowest BCUT2D eigenvalue weighted by atomic mass is 10.2. The maximum absolute atomic E-state index is 8.40. The van der Waals surface area contributed by atoms with E-state index in [1.807, 2.05) is 18.2 Å². The number of unbranched alkanes of at least 4 members (excludes halogenated alkanes) is 1. The number of anilines is 1. The quantitative estimate of drug-likeness (QED) is 0.220. The van der Waals surface area contributed by atoms with Crippen molar-refractivity contribution in [3.8, 4) is 11.5 Å². The second kappa shape index (κ2) is 8.07. The van der Waals surface area contributed by atoms with Crippen LogP contribution in [0.2, 0.25) is 0 Å². The molecule has 106 valence electrons. The van der Waals surface area contributed by atoms with Crippen molar-refractivity contribution in [3.05, 3.63) is 18.2 Å². The molecule has 0 aliphatic rings. The lowest BCUT2D eigenvalue weighted by Crippen LogP contribution is -2.11. The van der Waals surface area contributed by atoms with Crippen LogP contribution in [0, 0.1) is 0 Å². The number of oxime groups is 1. The van der Waals surface area contributed by atoms with Crippen molar-refractivity contribution in [3.63, 3.8) is 0 Å². The summed E-state index contributed by atoms with van der Waals surface area (Å²) < 4.78 is 10.4. The van der Waals surface area contributed by atoms with Gasteiger partial charge < -0.3 is 25.7 Å². The number of nitrogens with one attached hydrogen (secondary N) is 1. The van der Waals surface area contributed by atoms with Gasteiger partial charge in [-0.2, -0.15) is 0 Å². The Labute approximate surface area is 113 Å². The Morgan fingerprint density at radius 3 is 2.63 bits per heavy atom. The van der Waals surface area contributed by atoms with Crippen molar-refractivity contribution in [2.75, 3.05) is 26.1 Å². The van der Waals surface area contributed by atoms with Crippen LogP contribution in [0.1, 0.15) is 19.3 Å². The fourth-order valence-electron chi connectivity index (χ4n) is 1.66. The fourth-order valence-corrected chi connectivity index (χ4v) is 1.66. The number of nitrogens with two attached hydrogens (primary N) is 1.